The maximum absolute atomic E-state index is 12.8. The van der Waals surface area contributed by atoms with E-state index in [4.69, 9.17) is 9.47 Å². The lowest BCUT2D eigenvalue weighted by molar-refractivity contribution is 0.0643. The molecule has 1 aromatic carbocycles. The van der Waals surface area contributed by atoms with Gasteiger partial charge in [-0.3, -0.25) is 9.78 Å². The van der Waals surface area contributed by atoms with Gasteiger partial charge in [0.2, 0.25) is 0 Å². The van der Waals surface area contributed by atoms with Gasteiger partial charge < -0.3 is 24.6 Å². The summed E-state index contributed by atoms with van der Waals surface area (Å²) in [7, 11) is 3.24. The monoisotopic (exact) mass is 384 g/mol. The molecule has 7 nitrogen and oxygen atoms in total. The molecule has 1 N–H and O–H groups in total. The van der Waals surface area contributed by atoms with Crippen LogP contribution in [0.4, 0.5) is 5.69 Å². The van der Waals surface area contributed by atoms with Gasteiger partial charge in [-0.25, -0.2) is 0 Å². The minimum Gasteiger partial charge on any atom is -0.493 e. The average Bonchev–Trinajstić information content (AvgIpc) is 2.77. The van der Waals surface area contributed by atoms with Crippen LogP contribution >= 0.6 is 0 Å². The Kier molecular flexibility index (Phi) is 6.71. The number of aromatic nitrogens is 1. The van der Waals surface area contributed by atoms with Crippen molar-refractivity contribution in [1.82, 2.24) is 14.8 Å². The highest BCUT2D eigenvalue weighted by atomic mass is 16.5. The van der Waals surface area contributed by atoms with Gasteiger partial charge in [0.1, 0.15) is 0 Å². The minimum absolute atomic E-state index is 0.0398. The van der Waals surface area contributed by atoms with Crippen molar-refractivity contribution < 1.29 is 14.3 Å². The Morgan fingerprint density at radius 1 is 1.07 bits per heavy atom. The molecule has 150 valence electrons. The van der Waals surface area contributed by atoms with E-state index in [-0.39, 0.29) is 5.91 Å². The van der Waals surface area contributed by atoms with E-state index in [2.05, 4.69) is 22.1 Å². The number of rotatable bonds is 7. The highest BCUT2D eigenvalue weighted by molar-refractivity contribution is 5.94. The van der Waals surface area contributed by atoms with E-state index >= 15 is 0 Å². The first-order valence-electron chi connectivity index (χ1n) is 9.56. The number of methoxy groups -OCH3 is 2. The Hall–Kier alpha value is -2.80. The lowest BCUT2D eigenvalue weighted by atomic mass is 10.2. The third-order valence-corrected chi connectivity index (χ3v) is 5.04. The number of carbonyl (C=O) groups excluding carboxylic acids is 1. The van der Waals surface area contributed by atoms with Gasteiger partial charge in [0, 0.05) is 45.1 Å². The van der Waals surface area contributed by atoms with Crippen LogP contribution in [0.3, 0.4) is 0 Å². The molecule has 0 bridgehead atoms. The number of ether oxygens (including phenoxy) is 2. The number of pyridine rings is 1. The molecule has 0 unspecified atom stereocenters. The molecule has 3 rings (SSSR count). The minimum atomic E-state index is 0.0398. The first-order valence-corrected chi connectivity index (χ1v) is 9.56. The number of piperazine rings is 1. The number of hydrogen-bond donors (Lipinski definition) is 1. The lowest BCUT2D eigenvalue weighted by Crippen LogP contribution is -2.48. The van der Waals surface area contributed by atoms with Gasteiger partial charge in [0.25, 0.3) is 5.91 Å². The molecule has 0 radical (unpaired) electrons. The fraction of sp³-hybridized carbons (Fsp3) is 0.429. The van der Waals surface area contributed by atoms with Crippen LogP contribution in [0.2, 0.25) is 0 Å². The van der Waals surface area contributed by atoms with Gasteiger partial charge in [-0.15, -0.1) is 0 Å². The molecule has 0 spiro atoms. The molecule has 1 aliphatic heterocycles. The highest BCUT2D eigenvalue weighted by Gasteiger charge is 2.21. The van der Waals surface area contributed by atoms with Gasteiger partial charge in [0.15, 0.2) is 11.5 Å². The molecule has 0 atom stereocenters. The van der Waals surface area contributed by atoms with Crippen LogP contribution < -0.4 is 14.8 Å². The normalized spacial score (nSPS) is 14.6. The second-order valence-electron chi connectivity index (χ2n) is 6.73. The summed E-state index contributed by atoms with van der Waals surface area (Å²) in [5.41, 5.74) is 2.47. The fourth-order valence-corrected chi connectivity index (χ4v) is 3.30. The SMILES string of the molecule is CCN1CCN(C(=O)c2cncc(NCc3ccc(OC)c(OC)c3)c2)CC1. The summed E-state index contributed by atoms with van der Waals surface area (Å²) in [5, 5.41) is 3.33. The number of nitrogens with zero attached hydrogens (tertiary/aromatic N) is 3. The topological polar surface area (TPSA) is 66.9 Å². The van der Waals surface area contributed by atoms with Crippen molar-refractivity contribution in [2.75, 3.05) is 52.3 Å². The van der Waals surface area contributed by atoms with Crippen molar-refractivity contribution in [2.45, 2.75) is 13.5 Å². The summed E-state index contributed by atoms with van der Waals surface area (Å²) in [6, 6.07) is 7.65. The molecule has 2 aromatic rings. The Morgan fingerprint density at radius 3 is 2.50 bits per heavy atom. The van der Waals surface area contributed by atoms with Crippen molar-refractivity contribution in [1.29, 1.82) is 0 Å². The zero-order valence-electron chi connectivity index (χ0n) is 16.8. The summed E-state index contributed by atoms with van der Waals surface area (Å²) in [6.07, 6.45) is 3.36. The zero-order valence-corrected chi connectivity index (χ0v) is 16.8. The van der Waals surface area contributed by atoms with Crippen LogP contribution in [0.15, 0.2) is 36.7 Å². The van der Waals surface area contributed by atoms with E-state index < -0.39 is 0 Å². The first kappa shape index (κ1) is 19.9. The summed E-state index contributed by atoms with van der Waals surface area (Å²) >= 11 is 0. The molecule has 1 saturated heterocycles. The molecule has 2 heterocycles. The van der Waals surface area contributed by atoms with Crippen LogP contribution in [-0.2, 0) is 6.54 Å². The Balaban J connectivity index is 1.63. The largest absolute Gasteiger partial charge is 0.493 e. The lowest BCUT2D eigenvalue weighted by Gasteiger charge is -2.34. The van der Waals surface area contributed by atoms with Gasteiger partial charge >= 0.3 is 0 Å². The van der Waals surface area contributed by atoms with Gasteiger partial charge in [-0.2, -0.15) is 0 Å². The van der Waals surface area contributed by atoms with E-state index in [9.17, 15) is 4.79 Å². The smallest absolute Gasteiger partial charge is 0.255 e. The van der Waals surface area contributed by atoms with Crippen molar-refractivity contribution in [3.8, 4) is 11.5 Å². The summed E-state index contributed by atoms with van der Waals surface area (Å²) in [6.45, 7) is 7.13. The van der Waals surface area contributed by atoms with Crippen molar-refractivity contribution >= 4 is 11.6 Å². The van der Waals surface area contributed by atoms with Gasteiger partial charge in [-0.05, 0) is 30.3 Å². The fourth-order valence-electron chi connectivity index (χ4n) is 3.30. The zero-order chi connectivity index (χ0) is 19.9. The second kappa shape index (κ2) is 9.41. The number of benzene rings is 1. The second-order valence-corrected chi connectivity index (χ2v) is 6.73. The van der Waals surface area contributed by atoms with Crippen LogP contribution in [0, 0.1) is 0 Å². The number of likely N-dealkylation sites (N-methyl/N-ethyl adjacent to an activating group) is 1. The Bertz CT molecular complexity index is 804. The van der Waals surface area contributed by atoms with Crippen LogP contribution in [0.5, 0.6) is 11.5 Å². The Labute approximate surface area is 166 Å². The molecule has 0 aliphatic carbocycles. The molecule has 0 saturated carbocycles. The maximum atomic E-state index is 12.8. The third-order valence-electron chi connectivity index (χ3n) is 5.04. The van der Waals surface area contributed by atoms with E-state index in [1.54, 1.807) is 26.6 Å². The molecule has 7 heteroatoms. The molecular formula is C21H28N4O3. The van der Waals surface area contributed by atoms with Crippen molar-refractivity contribution in [3.05, 3.63) is 47.8 Å². The maximum Gasteiger partial charge on any atom is 0.255 e. The third kappa shape index (κ3) is 4.72. The molecule has 1 fully saturated rings. The molecule has 1 aromatic heterocycles. The molecule has 1 aliphatic rings. The van der Waals surface area contributed by atoms with Gasteiger partial charge in [0.05, 0.1) is 25.5 Å². The van der Waals surface area contributed by atoms with Crippen LogP contribution in [0.25, 0.3) is 0 Å². The first-order chi connectivity index (χ1) is 13.6. The van der Waals surface area contributed by atoms with Crippen LogP contribution in [-0.4, -0.2) is 67.6 Å². The van der Waals surface area contributed by atoms with E-state index in [1.165, 1.54) is 0 Å². The summed E-state index contributed by atoms with van der Waals surface area (Å²) in [5.74, 6) is 1.43. The van der Waals surface area contributed by atoms with E-state index in [0.717, 1.165) is 44.0 Å². The predicted octanol–water partition coefficient (Wildman–Crippen LogP) is 2.49. The summed E-state index contributed by atoms with van der Waals surface area (Å²) < 4.78 is 10.6. The molecule has 1 amide bonds. The molecule has 28 heavy (non-hydrogen) atoms. The van der Waals surface area contributed by atoms with Crippen molar-refractivity contribution in [3.63, 3.8) is 0 Å². The summed E-state index contributed by atoms with van der Waals surface area (Å²) in [4.78, 5) is 21.3. The number of amides is 1. The Morgan fingerprint density at radius 2 is 1.82 bits per heavy atom. The average molecular weight is 384 g/mol. The van der Waals surface area contributed by atoms with E-state index in [1.807, 2.05) is 29.2 Å². The van der Waals surface area contributed by atoms with Crippen molar-refractivity contribution in [2.24, 2.45) is 0 Å². The van der Waals surface area contributed by atoms with Crippen LogP contribution in [0.1, 0.15) is 22.8 Å². The quantitative estimate of drug-likeness (QED) is 0.791. The van der Waals surface area contributed by atoms with Gasteiger partial charge in [-0.1, -0.05) is 13.0 Å². The number of carbonyl (C=O) groups is 1. The van der Waals surface area contributed by atoms with E-state index in [0.29, 0.717) is 23.6 Å². The highest BCUT2D eigenvalue weighted by Crippen LogP contribution is 2.27. The number of nitrogens with one attached hydrogen (secondary N) is 1. The standard InChI is InChI=1S/C21H28N4O3/c1-4-24-7-9-25(10-8-24)21(26)17-12-18(15-22-14-17)23-13-16-5-6-19(27-2)20(11-16)28-3/h5-6,11-12,14-15,23H,4,7-10,13H2,1-3H3. The number of anilines is 1. The predicted molar refractivity (Wildman–Crippen MR) is 109 cm³/mol. The number of hydrogen-bond acceptors (Lipinski definition) is 6. The molecular weight excluding hydrogens is 356 g/mol.